The highest BCUT2D eigenvalue weighted by molar-refractivity contribution is 5.93. The molecule has 1 fully saturated rings. The molecule has 0 aliphatic carbocycles. The van der Waals surface area contributed by atoms with Crippen molar-refractivity contribution in [3.05, 3.63) is 87.8 Å². The lowest BCUT2D eigenvalue weighted by Crippen LogP contribution is -2.31. The minimum atomic E-state index is -0.152. The molecule has 5 aromatic rings. The van der Waals surface area contributed by atoms with E-state index in [0.29, 0.717) is 31.0 Å². The lowest BCUT2D eigenvalue weighted by Gasteiger charge is -2.28. The minimum absolute atomic E-state index is 0.152. The molecule has 0 saturated carbocycles. The van der Waals surface area contributed by atoms with E-state index in [4.69, 9.17) is 14.7 Å². The van der Waals surface area contributed by atoms with Crippen molar-refractivity contribution in [2.24, 2.45) is 0 Å². The second-order valence-electron chi connectivity index (χ2n) is 11.4. The summed E-state index contributed by atoms with van der Waals surface area (Å²) < 4.78 is 8.13. The number of aromatic amines is 1. The van der Waals surface area contributed by atoms with Gasteiger partial charge in [0.15, 0.2) is 0 Å². The molecular weight excluding hydrogens is 512 g/mol. The van der Waals surface area contributed by atoms with Gasteiger partial charge in [-0.3, -0.25) is 4.79 Å². The van der Waals surface area contributed by atoms with E-state index >= 15 is 0 Å². The van der Waals surface area contributed by atoms with Crippen molar-refractivity contribution in [3.63, 3.8) is 0 Å². The number of hydrogen-bond donors (Lipinski definition) is 1. The Morgan fingerprint density at radius 3 is 2.63 bits per heavy atom. The van der Waals surface area contributed by atoms with Crippen molar-refractivity contribution in [3.8, 4) is 11.4 Å². The molecule has 1 N–H and O–H groups in total. The Bertz CT molecular complexity index is 1750. The lowest BCUT2D eigenvalue weighted by atomic mass is 10.1. The van der Waals surface area contributed by atoms with Gasteiger partial charge in [0.2, 0.25) is 0 Å². The standard InChI is InChI=1S/C33H36N6O2/c1-37-22-41-21-25-18-24(11-12-30(25)37)32-35-28-19-26-27(34-29(33(40)36-26)17-23-9-4-2-5-10-23)20-31(28)39(32)16-8-15-38-13-6-3-7-14-38/h2,4-5,9-12,18-20H,3,6-8,13-17,21-22H2,1H3,(H,36,40). The van der Waals surface area contributed by atoms with Crippen LogP contribution < -0.4 is 10.5 Å². The highest BCUT2D eigenvalue weighted by Gasteiger charge is 2.20. The van der Waals surface area contributed by atoms with Gasteiger partial charge in [-0.2, -0.15) is 0 Å². The monoisotopic (exact) mass is 548 g/mol. The summed E-state index contributed by atoms with van der Waals surface area (Å²) in [6, 6.07) is 20.6. The van der Waals surface area contributed by atoms with Gasteiger partial charge in [0, 0.05) is 36.8 Å². The predicted octanol–water partition coefficient (Wildman–Crippen LogP) is 5.33. The number of aromatic nitrogens is 4. The van der Waals surface area contributed by atoms with Gasteiger partial charge in [-0.25, -0.2) is 9.97 Å². The van der Waals surface area contributed by atoms with E-state index in [1.807, 2.05) is 36.4 Å². The van der Waals surface area contributed by atoms with Gasteiger partial charge in [0.1, 0.15) is 18.2 Å². The molecule has 41 heavy (non-hydrogen) atoms. The van der Waals surface area contributed by atoms with Gasteiger partial charge < -0.3 is 24.1 Å². The van der Waals surface area contributed by atoms with Crippen LogP contribution in [0.25, 0.3) is 33.5 Å². The molecule has 8 heteroatoms. The second-order valence-corrected chi connectivity index (χ2v) is 11.4. The minimum Gasteiger partial charge on any atom is -0.356 e. The summed E-state index contributed by atoms with van der Waals surface area (Å²) >= 11 is 0. The van der Waals surface area contributed by atoms with Crippen LogP contribution in [0.4, 0.5) is 5.69 Å². The second kappa shape index (κ2) is 11.1. The molecule has 0 atom stereocenters. The number of ether oxygens (including phenoxy) is 1. The topological polar surface area (TPSA) is 79.3 Å². The van der Waals surface area contributed by atoms with Gasteiger partial charge in [-0.15, -0.1) is 0 Å². The van der Waals surface area contributed by atoms with Crippen LogP contribution in [-0.4, -0.2) is 57.8 Å². The van der Waals surface area contributed by atoms with Crippen LogP contribution in [0.3, 0.4) is 0 Å². The molecule has 2 aliphatic rings. The number of nitrogens with zero attached hydrogens (tertiary/aromatic N) is 5. The molecule has 4 heterocycles. The Labute approximate surface area is 239 Å². The average molecular weight is 549 g/mol. The summed E-state index contributed by atoms with van der Waals surface area (Å²) in [4.78, 5) is 30.7. The molecule has 0 spiro atoms. The summed E-state index contributed by atoms with van der Waals surface area (Å²) in [6.07, 6.45) is 5.48. The first kappa shape index (κ1) is 25.9. The van der Waals surface area contributed by atoms with Gasteiger partial charge in [-0.1, -0.05) is 36.8 Å². The van der Waals surface area contributed by atoms with Crippen molar-refractivity contribution in [1.29, 1.82) is 0 Å². The van der Waals surface area contributed by atoms with Crippen molar-refractivity contribution >= 4 is 27.8 Å². The maximum absolute atomic E-state index is 13.0. The predicted molar refractivity (Wildman–Crippen MR) is 163 cm³/mol. The summed E-state index contributed by atoms with van der Waals surface area (Å²) in [7, 11) is 2.05. The number of rotatable bonds is 7. The molecule has 3 aromatic carbocycles. The van der Waals surface area contributed by atoms with Crippen LogP contribution in [0.15, 0.2) is 65.5 Å². The van der Waals surface area contributed by atoms with Crippen LogP contribution in [0.1, 0.15) is 42.5 Å². The maximum Gasteiger partial charge on any atom is 0.270 e. The normalized spacial score (nSPS) is 16.0. The van der Waals surface area contributed by atoms with E-state index in [2.05, 4.69) is 50.7 Å². The quantitative estimate of drug-likeness (QED) is 0.296. The summed E-state index contributed by atoms with van der Waals surface area (Å²) in [5, 5.41) is 0. The van der Waals surface area contributed by atoms with Crippen molar-refractivity contribution in [2.75, 3.05) is 38.3 Å². The lowest BCUT2D eigenvalue weighted by molar-refractivity contribution is 0.114. The number of aryl methyl sites for hydroxylation is 1. The fraction of sp³-hybridized carbons (Fsp3) is 0.364. The number of nitrogens with one attached hydrogen (secondary N) is 1. The van der Waals surface area contributed by atoms with Crippen molar-refractivity contribution < 1.29 is 4.74 Å². The van der Waals surface area contributed by atoms with E-state index in [1.54, 1.807) is 0 Å². The zero-order valence-corrected chi connectivity index (χ0v) is 23.6. The first-order valence-electron chi connectivity index (χ1n) is 14.7. The van der Waals surface area contributed by atoms with Gasteiger partial charge in [0.25, 0.3) is 5.56 Å². The molecular formula is C33H36N6O2. The van der Waals surface area contributed by atoms with Gasteiger partial charge in [-0.05, 0) is 74.8 Å². The zero-order chi connectivity index (χ0) is 27.8. The molecule has 1 saturated heterocycles. The number of H-pyrrole nitrogens is 1. The average Bonchev–Trinajstić information content (AvgIpc) is 3.34. The van der Waals surface area contributed by atoms with E-state index < -0.39 is 0 Å². The number of anilines is 1. The number of piperidine rings is 1. The first-order chi connectivity index (χ1) is 20.1. The summed E-state index contributed by atoms with van der Waals surface area (Å²) in [5.74, 6) is 0.942. The number of imidazole rings is 1. The number of hydrogen-bond acceptors (Lipinski definition) is 6. The molecule has 2 aliphatic heterocycles. The fourth-order valence-corrected chi connectivity index (χ4v) is 6.31. The molecule has 0 radical (unpaired) electrons. The van der Waals surface area contributed by atoms with Crippen LogP contribution in [0, 0.1) is 0 Å². The Hall–Kier alpha value is -4.01. The number of fused-ring (bicyclic) bond motifs is 3. The smallest absolute Gasteiger partial charge is 0.270 e. The third kappa shape index (κ3) is 5.25. The molecule has 0 unspecified atom stereocenters. The molecule has 8 nitrogen and oxygen atoms in total. The summed E-state index contributed by atoms with van der Waals surface area (Å²) in [6.45, 7) is 5.54. The Morgan fingerprint density at radius 2 is 1.78 bits per heavy atom. The Morgan fingerprint density at radius 1 is 0.927 bits per heavy atom. The number of benzene rings is 3. The Kier molecular flexibility index (Phi) is 7.02. The largest absolute Gasteiger partial charge is 0.356 e. The third-order valence-electron chi connectivity index (χ3n) is 8.44. The Balaban J connectivity index is 1.30. The molecule has 7 rings (SSSR count). The molecule has 0 bridgehead atoms. The van der Waals surface area contributed by atoms with Crippen LogP contribution in [-0.2, 0) is 24.3 Å². The van der Waals surface area contributed by atoms with Crippen LogP contribution in [0.5, 0.6) is 0 Å². The highest BCUT2D eigenvalue weighted by atomic mass is 16.5. The van der Waals surface area contributed by atoms with E-state index in [1.165, 1.54) is 43.6 Å². The van der Waals surface area contributed by atoms with Crippen LogP contribution >= 0.6 is 0 Å². The number of likely N-dealkylation sites (tertiary alicyclic amines) is 1. The van der Waals surface area contributed by atoms with Crippen molar-refractivity contribution in [1.82, 2.24) is 24.4 Å². The molecule has 210 valence electrons. The van der Waals surface area contributed by atoms with Crippen LogP contribution in [0.2, 0.25) is 0 Å². The zero-order valence-electron chi connectivity index (χ0n) is 23.6. The maximum atomic E-state index is 13.0. The highest BCUT2D eigenvalue weighted by Crippen LogP contribution is 2.32. The van der Waals surface area contributed by atoms with Gasteiger partial charge in [0.05, 0.1) is 28.7 Å². The third-order valence-corrected chi connectivity index (χ3v) is 8.44. The van der Waals surface area contributed by atoms with E-state index in [0.717, 1.165) is 53.0 Å². The fourth-order valence-electron chi connectivity index (χ4n) is 6.31. The molecule has 0 amide bonds. The summed E-state index contributed by atoms with van der Waals surface area (Å²) in [5.41, 5.74) is 8.30. The van der Waals surface area contributed by atoms with Gasteiger partial charge >= 0.3 is 0 Å². The first-order valence-corrected chi connectivity index (χ1v) is 14.7. The molecule has 2 aromatic heterocycles. The SMILES string of the molecule is CN1COCc2cc(-c3nc4cc5[nH]c(=O)c(Cc6ccccc6)nc5cc4n3CCCN3CCCCC3)ccc21. The van der Waals surface area contributed by atoms with E-state index in [-0.39, 0.29) is 5.56 Å². The van der Waals surface area contributed by atoms with E-state index in [9.17, 15) is 4.79 Å². The van der Waals surface area contributed by atoms with Crippen molar-refractivity contribution in [2.45, 2.75) is 45.3 Å².